The molecule has 2 amide bonds. The zero-order valence-electron chi connectivity index (χ0n) is 10.2. The van der Waals surface area contributed by atoms with Crippen LogP contribution in [0.25, 0.3) is 0 Å². The van der Waals surface area contributed by atoms with Gasteiger partial charge >= 0.3 is 0 Å². The van der Waals surface area contributed by atoms with E-state index in [0.717, 1.165) is 12.3 Å². The smallest absolute Gasteiger partial charge is 0.255 e. The highest BCUT2D eigenvalue weighted by Gasteiger charge is 2.24. The fraction of sp³-hybridized carbons (Fsp3) is 0.364. The number of pyridine rings is 1. The fourth-order valence-corrected chi connectivity index (χ4v) is 1.49. The molecule has 18 heavy (non-hydrogen) atoms. The Balaban J connectivity index is 2.88. The van der Waals surface area contributed by atoms with E-state index in [1.54, 1.807) is 13.8 Å². The predicted molar refractivity (Wildman–Crippen MR) is 64.0 cm³/mol. The molecule has 0 aliphatic heterocycles. The second-order valence-electron chi connectivity index (χ2n) is 4.57. The minimum absolute atomic E-state index is 0.0403. The number of aromatic nitrogens is 1. The van der Waals surface area contributed by atoms with Gasteiger partial charge in [0, 0.05) is 12.0 Å². The number of rotatable bonds is 4. The van der Waals surface area contributed by atoms with Gasteiger partial charge in [0.05, 0.1) is 11.8 Å². The molecule has 0 atom stereocenters. The van der Waals surface area contributed by atoms with Gasteiger partial charge in [-0.25, -0.2) is 9.37 Å². The summed E-state index contributed by atoms with van der Waals surface area (Å²) >= 11 is 0. The maximum Gasteiger partial charge on any atom is 0.255 e. The molecule has 0 bridgehead atoms. The maximum atomic E-state index is 13.0. The van der Waals surface area contributed by atoms with Crippen molar-refractivity contribution >= 4 is 17.6 Å². The largest absolute Gasteiger partial charge is 0.383 e. The number of carbonyl (C=O) groups excluding carboxylic acids is 2. The van der Waals surface area contributed by atoms with Gasteiger partial charge in [-0.15, -0.1) is 0 Å². The molecular weight excluding hydrogens is 239 g/mol. The normalized spacial score (nSPS) is 11.1. The zero-order chi connectivity index (χ0) is 13.9. The molecule has 0 saturated carbocycles. The van der Waals surface area contributed by atoms with Gasteiger partial charge in [-0.05, 0) is 19.9 Å². The summed E-state index contributed by atoms with van der Waals surface area (Å²) in [6.07, 6.45) is 0.877. The van der Waals surface area contributed by atoms with Crippen LogP contribution in [0.15, 0.2) is 12.3 Å². The summed E-state index contributed by atoms with van der Waals surface area (Å²) in [5, 5.41) is 2.55. The Morgan fingerprint density at radius 1 is 1.50 bits per heavy atom. The molecule has 98 valence electrons. The Kier molecular flexibility index (Phi) is 3.85. The van der Waals surface area contributed by atoms with Crippen molar-refractivity contribution in [3.63, 3.8) is 0 Å². The van der Waals surface area contributed by atoms with Crippen molar-refractivity contribution < 1.29 is 14.0 Å². The molecule has 0 aliphatic carbocycles. The number of nitrogen functional groups attached to an aromatic ring is 1. The highest BCUT2D eigenvalue weighted by Crippen LogP contribution is 2.13. The van der Waals surface area contributed by atoms with Gasteiger partial charge in [-0.3, -0.25) is 9.59 Å². The minimum Gasteiger partial charge on any atom is -0.383 e. The summed E-state index contributed by atoms with van der Waals surface area (Å²) in [4.78, 5) is 26.2. The van der Waals surface area contributed by atoms with Gasteiger partial charge in [-0.2, -0.15) is 0 Å². The number of nitrogens with zero attached hydrogens (tertiary/aromatic N) is 1. The van der Waals surface area contributed by atoms with Crippen LogP contribution < -0.4 is 16.8 Å². The van der Waals surface area contributed by atoms with Crippen LogP contribution in [0.4, 0.5) is 10.2 Å². The SMILES string of the molecule is CC(C)(CC(N)=O)NC(=O)c1cc(F)cnc1N. The lowest BCUT2D eigenvalue weighted by molar-refractivity contribution is -0.119. The highest BCUT2D eigenvalue weighted by molar-refractivity contribution is 5.98. The second kappa shape index (κ2) is 4.99. The molecule has 1 heterocycles. The Morgan fingerprint density at radius 3 is 2.67 bits per heavy atom. The van der Waals surface area contributed by atoms with Crippen LogP contribution in [0.1, 0.15) is 30.6 Å². The number of hydrogen-bond donors (Lipinski definition) is 3. The summed E-state index contributed by atoms with van der Waals surface area (Å²) in [6, 6.07) is 0.984. The lowest BCUT2D eigenvalue weighted by atomic mass is 9.99. The van der Waals surface area contributed by atoms with Crippen molar-refractivity contribution in [2.24, 2.45) is 5.73 Å². The third-order valence-corrected chi connectivity index (χ3v) is 2.20. The topological polar surface area (TPSA) is 111 Å². The second-order valence-corrected chi connectivity index (χ2v) is 4.57. The number of primary amides is 1. The Labute approximate surface area is 104 Å². The summed E-state index contributed by atoms with van der Waals surface area (Å²) < 4.78 is 13.0. The molecule has 0 unspecified atom stereocenters. The van der Waals surface area contributed by atoms with Gasteiger partial charge in [0.25, 0.3) is 5.91 Å². The number of carbonyl (C=O) groups is 2. The lowest BCUT2D eigenvalue weighted by Gasteiger charge is -2.24. The van der Waals surface area contributed by atoms with E-state index in [4.69, 9.17) is 11.5 Å². The lowest BCUT2D eigenvalue weighted by Crippen LogP contribution is -2.46. The third-order valence-electron chi connectivity index (χ3n) is 2.20. The van der Waals surface area contributed by atoms with E-state index in [-0.39, 0.29) is 17.8 Å². The van der Waals surface area contributed by atoms with Crippen molar-refractivity contribution in [2.75, 3.05) is 5.73 Å². The van der Waals surface area contributed by atoms with Crippen molar-refractivity contribution in [3.8, 4) is 0 Å². The van der Waals surface area contributed by atoms with E-state index in [0.29, 0.717) is 0 Å². The van der Waals surface area contributed by atoms with Crippen LogP contribution in [0, 0.1) is 5.82 Å². The van der Waals surface area contributed by atoms with Crippen molar-refractivity contribution in [1.29, 1.82) is 0 Å². The van der Waals surface area contributed by atoms with Crippen molar-refractivity contribution in [3.05, 3.63) is 23.6 Å². The summed E-state index contributed by atoms with van der Waals surface area (Å²) in [6.45, 7) is 3.25. The molecule has 0 aromatic carbocycles. The average Bonchev–Trinajstić information content (AvgIpc) is 2.18. The highest BCUT2D eigenvalue weighted by atomic mass is 19.1. The van der Waals surface area contributed by atoms with E-state index in [9.17, 15) is 14.0 Å². The van der Waals surface area contributed by atoms with Gasteiger partial charge in [0.15, 0.2) is 0 Å². The van der Waals surface area contributed by atoms with Gasteiger partial charge in [-0.1, -0.05) is 0 Å². The van der Waals surface area contributed by atoms with Crippen LogP contribution in [-0.2, 0) is 4.79 Å². The number of nitrogens with one attached hydrogen (secondary N) is 1. The quantitative estimate of drug-likeness (QED) is 0.711. The van der Waals surface area contributed by atoms with E-state index < -0.39 is 23.2 Å². The molecule has 0 aliphatic rings. The van der Waals surface area contributed by atoms with Crippen LogP contribution in [0.5, 0.6) is 0 Å². The molecule has 1 rings (SSSR count). The molecule has 0 fully saturated rings. The molecule has 1 aromatic rings. The van der Waals surface area contributed by atoms with Crippen LogP contribution in [0.2, 0.25) is 0 Å². The predicted octanol–water partition coefficient (Wildman–Crippen LogP) is 0.187. The monoisotopic (exact) mass is 254 g/mol. The zero-order valence-corrected chi connectivity index (χ0v) is 10.2. The van der Waals surface area contributed by atoms with Crippen molar-refractivity contribution in [2.45, 2.75) is 25.8 Å². The Morgan fingerprint density at radius 2 is 2.11 bits per heavy atom. The van der Waals surface area contributed by atoms with Gasteiger partial charge in [0.2, 0.25) is 5.91 Å². The van der Waals surface area contributed by atoms with Crippen LogP contribution in [-0.4, -0.2) is 22.3 Å². The van der Waals surface area contributed by atoms with E-state index in [1.807, 2.05) is 0 Å². The van der Waals surface area contributed by atoms with E-state index >= 15 is 0 Å². The maximum absolute atomic E-state index is 13.0. The Hall–Kier alpha value is -2.18. The average molecular weight is 254 g/mol. The molecule has 6 nitrogen and oxygen atoms in total. The number of hydrogen-bond acceptors (Lipinski definition) is 4. The first-order valence-corrected chi connectivity index (χ1v) is 5.23. The fourth-order valence-electron chi connectivity index (χ4n) is 1.49. The molecule has 7 heteroatoms. The van der Waals surface area contributed by atoms with Crippen LogP contribution >= 0.6 is 0 Å². The minimum atomic E-state index is -0.846. The number of amides is 2. The molecule has 0 radical (unpaired) electrons. The first kappa shape index (κ1) is 13.9. The molecule has 0 saturated heterocycles. The molecule has 1 aromatic heterocycles. The van der Waals surface area contributed by atoms with Gasteiger partial charge < -0.3 is 16.8 Å². The summed E-state index contributed by atoms with van der Waals surface area (Å²) in [7, 11) is 0. The third kappa shape index (κ3) is 3.69. The molecule has 5 N–H and O–H groups in total. The van der Waals surface area contributed by atoms with E-state index in [2.05, 4.69) is 10.3 Å². The first-order valence-electron chi connectivity index (χ1n) is 5.23. The van der Waals surface area contributed by atoms with E-state index in [1.165, 1.54) is 0 Å². The number of halogens is 1. The standard InChI is InChI=1S/C11H15FN4O2/c1-11(2,4-8(13)17)16-10(18)7-3-6(12)5-15-9(7)14/h3,5H,4H2,1-2H3,(H2,13,17)(H2,14,15)(H,16,18). The van der Waals surface area contributed by atoms with Crippen molar-refractivity contribution in [1.82, 2.24) is 10.3 Å². The first-order chi connectivity index (χ1) is 8.21. The summed E-state index contributed by atoms with van der Waals surface area (Å²) in [5.41, 5.74) is 9.62. The number of anilines is 1. The molecular formula is C11H15FN4O2. The Bertz CT molecular complexity index is 488. The summed E-state index contributed by atoms with van der Waals surface area (Å²) in [5.74, 6) is -1.90. The molecule has 0 spiro atoms. The van der Waals surface area contributed by atoms with Gasteiger partial charge in [0.1, 0.15) is 11.6 Å². The van der Waals surface area contributed by atoms with Crippen LogP contribution in [0.3, 0.4) is 0 Å². The number of nitrogens with two attached hydrogens (primary N) is 2.